The molecule has 0 bridgehead atoms. The molecule has 0 unspecified atom stereocenters. The molecule has 0 heterocycles. The molecule has 0 aromatic carbocycles. The van der Waals surface area contributed by atoms with Gasteiger partial charge in [0.05, 0.1) is 19.0 Å². The standard InChI is InChI=1S/C8H16O5S/c1-3-14(10,11)7-6-12-4-5-13-8(2)9/h3-7H2,1-2H3. The molecule has 0 aromatic heterocycles. The lowest BCUT2D eigenvalue weighted by Gasteiger charge is -2.04. The first kappa shape index (κ1) is 13.4. The number of hydrogen-bond donors (Lipinski definition) is 0. The van der Waals surface area contributed by atoms with Gasteiger partial charge in [0, 0.05) is 12.7 Å². The van der Waals surface area contributed by atoms with Crippen LogP contribution in [0.25, 0.3) is 0 Å². The summed E-state index contributed by atoms with van der Waals surface area (Å²) < 4.78 is 31.5. The summed E-state index contributed by atoms with van der Waals surface area (Å²) in [6.45, 7) is 3.45. The number of hydrogen-bond acceptors (Lipinski definition) is 5. The third kappa shape index (κ3) is 8.00. The minimum Gasteiger partial charge on any atom is -0.463 e. The zero-order valence-corrected chi connectivity index (χ0v) is 9.30. The number of sulfone groups is 1. The lowest BCUT2D eigenvalue weighted by molar-refractivity contribution is -0.142. The highest BCUT2D eigenvalue weighted by Crippen LogP contribution is 1.89. The molecule has 0 amide bonds. The van der Waals surface area contributed by atoms with Crippen LogP contribution in [0.3, 0.4) is 0 Å². The fourth-order valence-electron chi connectivity index (χ4n) is 0.677. The van der Waals surface area contributed by atoms with E-state index in [0.717, 1.165) is 0 Å². The van der Waals surface area contributed by atoms with Crippen LogP contribution in [0.15, 0.2) is 0 Å². The van der Waals surface area contributed by atoms with E-state index in [0.29, 0.717) is 0 Å². The van der Waals surface area contributed by atoms with Gasteiger partial charge in [-0.05, 0) is 0 Å². The Balaban J connectivity index is 3.35. The van der Waals surface area contributed by atoms with Gasteiger partial charge in [-0.1, -0.05) is 6.92 Å². The number of carbonyl (C=O) groups excluding carboxylic acids is 1. The molecule has 0 N–H and O–H groups in total. The predicted molar refractivity (Wildman–Crippen MR) is 51.8 cm³/mol. The summed E-state index contributed by atoms with van der Waals surface area (Å²) >= 11 is 0. The normalized spacial score (nSPS) is 11.3. The van der Waals surface area contributed by atoms with Crippen molar-refractivity contribution in [2.24, 2.45) is 0 Å². The molecule has 0 rings (SSSR count). The molecular weight excluding hydrogens is 208 g/mol. The van der Waals surface area contributed by atoms with Crippen molar-refractivity contribution in [2.45, 2.75) is 13.8 Å². The van der Waals surface area contributed by atoms with Crippen molar-refractivity contribution >= 4 is 15.8 Å². The summed E-state index contributed by atoms with van der Waals surface area (Å²) in [4.78, 5) is 10.3. The molecule has 0 saturated heterocycles. The highest BCUT2D eigenvalue weighted by Gasteiger charge is 2.06. The van der Waals surface area contributed by atoms with Crippen LogP contribution in [-0.2, 0) is 24.1 Å². The Bertz CT molecular complexity index is 257. The molecule has 84 valence electrons. The fraction of sp³-hybridized carbons (Fsp3) is 0.875. The zero-order chi connectivity index (χ0) is 11.0. The van der Waals surface area contributed by atoms with Gasteiger partial charge in [0.15, 0.2) is 9.84 Å². The van der Waals surface area contributed by atoms with E-state index >= 15 is 0 Å². The Morgan fingerprint density at radius 1 is 1.21 bits per heavy atom. The summed E-state index contributed by atoms with van der Waals surface area (Å²) in [5.41, 5.74) is 0. The molecule has 0 aliphatic rings. The average molecular weight is 224 g/mol. The maximum atomic E-state index is 11.0. The fourth-order valence-corrected chi connectivity index (χ4v) is 1.34. The number of esters is 1. The van der Waals surface area contributed by atoms with Crippen LogP contribution in [0.5, 0.6) is 0 Å². The lowest BCUT2D eigenvalue weighted by atomic mass is 10.7. The van der Waals surface area contributed by atoms with E-state index in [9.17, 15) is 13.2 Å². The molecule has 6 heteroatoms. The predicted octanol–water partition coefficient (Wildman–Crippen LogP) is 0.000800. The zero-order valence-electron chi connectivity index (χ0n) is 8.49. The van der Waals surface area contributed by atoms with Crippen LogP contribution in [0.1, 0.15) is 13.8 Å². The molecule has 5 nitrogen and oxygen atoms in total. The number of rotatable bonds is 7. The summed E-state index contributed by atoms with van der Waals surface area (Å²) in [6, 6.07) is 0. The quantitative estimate of drug-likeness (QED) is 0.450. The van der Waals surface area contributed by atoms with Crippen molar-refractivity contribution in [3.63, 3.8) is 0 Å². The lowest BCUT2D eigenvalue weighted by Crippen LogP contribution is -2.16. The molecule has 14 heavy (non-hydrogen) atoms. The Morgan fingerprint density at radius 2 is 1.86 bits per heavy atom. The van der Waals surface area contributed by atoms with Crippen LogP contribution in [0.2, 0.25) is 0 Å². The summed E-state index contributed by atoms with van der Waals surface area (Å²) in [5.74, 6) is -0.223. The van der Waals surface area contributed by atoms with E-state index in [1.807, 2.05) is 0 Å². The van der Waals surface area contributed by atoms with Crippen LogP contribution < -0.4 is 0 Å². The van der Waals surface area contributed by atoms with Crippen molar-refractivity contribution in [2.75, 3.05) is 31.3 Å². The summed E-state index contributed by atoms with van der Waals surface area (Å²) in [6.07, 6.45) is 0. The van der Waals surface area contributed by atoms with Gasteiger partial charge >= 0.3 is 5.97 Å². The van der Waals surface area contributed by atoms with Gasteiger partial charge in [-0.25, -0.2) is 8.42 Å². The molecule has 0 fully saturated rings. The van der Waals surface area contributed by atoms with Crippen molar-refractivity contribution in [1.29, 1.82) is 0 Å². The summed E-state index contributed by atoms with van der Waals surface area (Å²) in [5, 5.41) is 0. The minimum atomic E-state index is -2.96. The molecule has 0 aliphatic heterocycles. The third-order valence-electron chi connectivity index (χ3n) is 1.51. The van der Waals surface area contributed by atoms with E-state index in [2.05, 4.69) is 4.74 Å². The average Bonchev–Trinajstić information content (AvgIpc) is 2.10. The first-order chi connectivity index (χ1) is 6.48. The molecule has 0 saturated carbocycles. The minimum absolute atomic E-state index is 0.0174. The monoisotopic (exact) mass is 224 g/mol. The molecule has 0 aromatic rings. The molecular formula is C8H16O5S. The van der Waals surface area contributed by atoms with E-state index in [4.69, 9.17) is 4.74 Å². The second-order valence-electron chi connectivity index (χ2n) is 2.69. The highest BCUT2D eigenvalue weighted by molar-refractivity contribution is 7.91. The Kier molecular flexibility index (Phi) is 6.48. The van der Waals surface area contributed by atoms with Crippen molar-refractivity contribution in [3.05, 3.63) is 0 Å². The third-order valence-corrected chi connectivity index (χ3v) is 3.18. The second kappa shape index (κ2) is 6.78. The maximum absolute atomic E-state index is 11.0. The molecule has 0 aliphatic carbocycles. The second-order valence-corrected chi connectivity index (χ2v) is 5.16. The SMILES string of the molecule is CCS(=O)(=O)CCOCCOC(C)=O. The molecule has 0 atom stereocenters. The van der Waals surface area contributed by atoms with Crippen LogP contribution >= 0.6 is 0 Å². The van der Waals surface area contributed by atoms with Crippen LogP contribution in [0, 0.1) is 0 Å². The van der Waals surface area contributed by atoms with Crippen LogP contribution in [0.4, 0.5) is 0 Å². The van der Waals surface area contributed by atoms with Crippen molar-refractivity contribution < 1.29 is 22.7 Å². The molecule has 0 spiro atoms. The van der Waals surface area contributed by atoms with Gasteiger partial charge in [-0.3, -0.25) is 4.79 Å². The summed E-state index contributed by atoms with van der Waals surface area (Å²) in [7, 11) is -2.96. The van der Waals surface area contributed by atoms with Gasteiger partial charge in [-0.15, -0.1) is 0 Å². The topological polar surface area (TPSA) is 69.7 Å². The van der Waals surface area contributed by atoms with Crippen molar-refractivity contribution in [3.8, 4) is 0 Å². The Labute approximate surface area is 84.3 Å². The van der Waals surface area contributed by atoms with Gasteiger partial charge in [0.1, 0.15) is 6.61 Å². The van der Waals surface area contributed by atoms with E-state index < -0.39 is 9.84 Å². The highest BCUT2D eigenvalue weighted by atomic mass is 32.2. The first-order valence-electron chi connectivity index (χ1n) is 4.39. The molecule has 0 radical (unpaired) electrons. The van der Waals surface area contributed by atoms with Gasteiger partial charge in [-0.2, -0.15) is 0 Å². The first-order valence-corrected chi connectivity index (χ1v) is 6.21. The van der Waals surface area contributed by atoms with E-state index in [-0.39, 0.29) is 37.3 Å². The van der Waals surface area contributed by atoms with E-state index in [1.165, 1.54) is 6.92 Å². The number of ether oxygens (including phenoxy) is 2. The Hall–Kier alpha value is -0.620. The van der Waals surface area contributed by atoms with E-state index in [1.54, 1.807) is 6.92 Å². The maximum Gasteiger partial charge on any atom is 0.302 e. The smallest absolute Gasteiger partial charge is 0.302 e. The van der Waals surface area contributed by atoms with Crippen LogP contribution in [-0.4, -0.2) is 45.7 Å². The largest absolute Gasteiger partial charge is 0.463 e. The van der Waals surface area contributed by atoms with Gasteiger partial charge in [0.25, 0.3) is 0 Å². The number of carbonyl (C=O) groups is 1. The Morgan fingerprint density at radius 3 is 2.36 bits per heavy atom. The van der Waals surface area contributed by atoms with Gasteiger partial charge < -0.3 is 9.47 Å². The van der Waals surface area contributed by atoms with Crippen molar-refractivity contribution in [1.82, 2.24) is 0 Å². The van der Waals surface area contributed by atoms with Gasteiger partial charge in [0.2, 0.25) is 0 Å².